The average molecular weight is 250 g/mol. The third-order valence-corrected chi connectivity index (χ3v) is 5.10. The lowest BCUT2D eigenvalue weighted by molar-refractivity contribution is -0.138. The molecule has 17 heavy (non-hydrogen) atoms. The van der Waals surface area contributed by atoms with Crippen LogP contribution in [0, 0.1) is 5.92 Å². The molecule has 0 aromatic carbocycles. The summed E-state index contributed by atoms with van der Waals surface area (Å²) in [5, 5.41) is 0.239. The molecule has 2 fully saturated rings. The van der Waals surface area contributed by atoms with Crippen molar-refractivity contribution in [2.75, 3.05) is 12.3 Å². The van der Waals surface area contributed by atoms with Crippen molar-refractivity contribution in [2.45, 2.75) is 24.6 Å². The molecule has 2 heterocycles. The van der Waals surface area contributed by atoms with E-state index in [1.165, 1.54) is 12.1 Å². The predicted molar refractivity (Wildman–Crippen MR) is 69.7 cm³/mol. The lowest BCUT2D eigenvalue weighted by atomic mass is 9.84. The maximum Gasteiger partial charge on any atom is 0.226 e. The molecule has 0 spiro atoms. The Bertz CT molecular complexity index is 425. The second-order valence-corrected chi connectivity index (χ2v) is 6.11. The average Bonchev–Trinajstić information content (AvgIpc) is 2.82. The third kappa shape index (κ3) is 1.88. The van der Waals surface area contributed by atoms with Crippen LogP contribution in [0.1, 0.15) is 30.3 Å². The maximum atomic E-state index is 12.3. The van der Waals surface area contributed by atoms with Gasteiger partial charge >= 0.3 is 0 Å². The van der Waals surface area contributed by atoms with Crippen LogP contribution in [0.3, 0.4) is 0 Å². The third-order valence-electron chi connectivity index (χ3n) is 3.87. The lowest BCUT2D eigenvalue weighted by Crippen LogP contribution is -2.38. The first-order chi connectivity index (χ1) is 8.27. The fourth-order valence-electron chi connectivity index (χ4n) is 2.56. The minimum absolute atomic E-state index is 0.239. The summed E-state index contributed by atoms with van der Waals surface area (Å²) in [7, 11) is 2.06. The smallest absolute Gasteiger partial charge is 0.226 e. The Morgan fingerprint density at radius 2 is 2.29 bits per heavy atom. The Labute approximate surface area is 106 Å². The van der Waals surface area contributed by atoms with E-state index in [0.717, 1.165) is 25.1 Å². The van der Waals surface area contributed by atoms with Crippen molar-refractivity contribution in [2.24, 2.45) is 13.0 Å². The molecule has 0 N–H and O–H groups in total. The van der Waals surface area contributed by atoms with Gasteiger partial charge < -0.3 is 9.47 Å². The van der Waals surface area contributed by atoms with Crippen molar-refractivity contribution in [1.82, 2.24) is 9.47 Å². The highest BCUT2D eigenvalue weighted by Gasteiger charge is 2.37. The van der Waals surface area contributed by atoms with Gasteiger partial charge in [-0.25, -0.2) is 0 Å². The van der Waals surface area contributed by atoms with E-state index in [0.29, 0.717) is 11.8 Å². The molecule has 1 aromatic heterocycles. The van der Waals surface area contributed by atoms with Gasteiger partial charge in [0.05, 0.1) is 5.69 Å². The summed E-state index contributed by atoms with van der Waals surface area (Å²) < 4.78 is 2.13. The van der Waals surface area contributed by atoms with Gasteiger partial charge in [-0.05, 0) is 25.0 Å². The van der Waals surface area contributed by atoms with E-state index in [4.69, 9.17) is 0 Å². The summed E-state index contributed by atoms with van der Waals surface area (Å²) in [5.41, 5.74) is 1.25. The number of hydrogen-bond donors (Lipinski definition) is 0. The lowest BCUT2D eigenvalue weighted by Gasteiger charge is -2.32. The summed E-state index contributed by atoms with van der Waals surface area (Å²) in [5.74, 6) is 1.76. The van der Waals surface area contributed by atoms with Crippen LogP contribution in [0.4, 0.5) is 0 Å². The molecule has 92 valence electrons. The topological polar surface area (TPSA) is 25.2 Å². The van der Waals surface area contributed by atoms with Gasteiger partial charge in [-0.15, -0.1) is 11.8 Å². The highest BCUT2D eigenvalue weighted by atomic mass is 32.2. The number of aryl methyl sites for hydroxylation is 1. The van der Waals surface area contributed by atoms with Crippen molar-refractivity contribution < 1.29 is 4.79 Å². The molecule has 1 atom stereocenters. The van der Waals surface area contributed by atoms with Crippen molar-refractivity contribution >= 4 is 17.7 Å². The van der Waals surface area contributed by atoms with Crippen molar-refractivity contribution in [3.8, 4) is 0 Å². The summed E-state index contributed by atoms with van der Waals surface area (Å²) in [6.07, 6.45) is 5.48. The highest BCUT2D eigenvalue weighted by Crippen LogP contribution is 2.40. The van der Waals surface area contributed by atoms with Crippen LogP contribution in [-0.2, 0) is 11.8 Å². The summed E-state index contributed by atoms with van der Waals surface area (Å²) in [6.45, 7) is 0.913. The van der Waals surface area contributed by atoms with Gasteiger partial charge in [0.2, 0.25) is 5.91 Å². The van der Waals surface area contributed by atoms with Crippen molar-refractivity contribution in [3.05, 3.63) is 24.0 Å². The fourth-order valence-corrected chi connectivity index (χ4v) is 3.89. The van der Waals surface area contributed by atoms with E-state index in [-0.39, 0.29) is 5.37 Å². The van der Waals surface area contributed by atoms with E-state index in [1.54, 1.807) is 0 Å². The van der Waals surface area contributed by atoms with Crippen LogP contribution in [0.15, 0.2) is 18.3 Å². The van der Waals surface area contributed by atoms with E-state index >= 15 is 0 Å². The number of carbonyl (C=O) groups is 1. The molecule has 1 amide bonds. The Balaban J connectivity index is 1.80. The normalized spacial score (nSPS) is 25.0. The van der Waals surface area contributed by atoms with Gasteiger partial charge in [0.25, 0.3) is 0 Å². The fraction of sp³-hybridized carbons (Fsp3) is 0.615. The molecule has 1 unspecified atom stereocenters. The number of carbonyl (C=O) groups excluding carboxylic acids is 1. The molecule has 1 saturated heterocycles. The number of amides is 1. The quantitative estimate of drug-likeness (QED) is 0.805. The van der Waals surface area contributed by atoms with Gasteiger partial charge in [0, 0.05) is 31.5 Å². The largest absolute Gasteiger partial charge is 0.352 e. The van der Waals surface area contributed by atoms with Crippen LogP contribution in [0.5, 0.6) is 0 Å². The molecule has 3 rings (SSSR count). The van der Waals surface area contributed by atoms with E-state index < -0.39 is 0 Å². The zero-order chi connectivity index (χ0) is 11.8. The second-order valence-electron chi connectivity index (χ2n) is 4.93. The first-order valence-corrected chi connectivity index (χ1v) is 7.35. The van der Waals surface area contributed by atoms with Gasteiger partial charge in [-0.1, -0.05) is 6.42 Å². The molecule has 3 nitrogen and oxygen atoms in total. The molecule has 1 aliphatic carbocycles. The number of hydrogen-bond acceptors (Lipinski definition) is 2. The number of nitrogens with zero attached hydrogens (tertiary/aromatic N) is 2. The monoisotopic (exact) mass is 250 g/mol. The second kappa shape index (κ2) is 4.41. The molecule has 0 bridgehead atoms. The maximum absolute atomic E-state index is 12.3. The molecular weight excluding hydrogens is 232 g/mol. The van der Waals surface area contributed by atoms with E-state index in [2.05, 4.69) is 34.8 Å². The number of thioether (sulfide) groups is 1. The summed E-state index contributed by atoms with van der Waals surface area (Å²) in [4.78, 5) is 14.4. The zero-order valence-corrected chi connectivity index (χ0v) is 10.9. The van der Waals surface area contributed by atoms with Gasteiger partial charge in [0.1, 0.15) is 5.37 Å². The first-order valence-electron chi connectivity index (χ1n) is 6.30. The van der Waals surface area contributed by atoms with E-state index in [1.807, 2.05) is 11.8 Å². The van der Waals surface area contributed by atoms with E-state index in [9.17, 15) is 4.79 Å². The van der Waals surface area contributed by atoms with Gasteiger partial charge in [0.15, 0.2) is 0 Å². The summed E-state index contributed by atoms with van der Waals surface area (Å²) in [6, 6.07) is 4.18. The zero-order valence-electron chi connectivity index (χ0n) is 10.1. The van der Waals surface area contributed by atoms with Crippen LogP contribution in [-0.4, -0.2) is 27.7 Å². The molecule has 4 heteroatoms. The minimum Gasteiger partial charge on any atom is -0.352 e. The molecule has 2 aliphatic rings. The Morgan fingerprint density at radius 1 is 1.47 bits per heavy atom. The Hall–Kier alpha value is -0.900. The molecule has 1 saturated carbocycles. The van der Waals surface area contributed by atoms with Gasteiger partial charge in [-0.3, -0.25) is 4.79 Å². The first kappa shape index (κ1) is 11.2. The van der Waals surface area contributed by atoms with Crippen molar-refractivity contribution in [3.63, 3.8) is 0 Å². The summed E-state index contributed by atoms with van der Waals surface area (Å²) >= 11 is 1.89. The van der Waals surface area contributed by atoms with Crippen LogP contribution in [0.25, 0.3) is 0 Å². The molecule has 1 aliphatic heterocycles. The number of aromatic nitrogens is 1. The molecular formula is C13H18N2OS. The minimum atomic E-state index is 0.239. The Morgan fingerprint density at radius 3 is 2.88 bits per heavy atom. The predicted octanol–water partition coefficient (Wildman–Crippen LogP) is 2.40. The van der Waals surface area contributed by atoms with Gasteiger partial charge in [-0.2, -0.15) is 0 Å². The van der Waals surface area contributed by atoms with Crippen LogP contribution < -0.4 is 0 Å². The molecule has 0 radical (unpaired) electrons. The van der Waals surface area contributed by atoms with Crippen LogP contribution >= 0.6 is 11.8 Å². The number of rotatable bonds is 2. The Kier molecular flexibility index (Phi) is 2.90. The molecule has 1 aromatic rings. The highest BCUT2D eigenvalue weighted by molar-refractivity contribution is 7.99. The SMILES string of the molecule is Cn1cccc1C1SCCN1C(=O)C1CCC1. The standard InChI is InChI=1S/C13H18N2OS/c1-14-7-3-6-11(14)13-15(8-9-17-13)12(16)10-4-2-5-10/h3,6-7,10,13H,2,4-5,8-9H2,1H3. The van der Waals surface area contributed by atoms with Crippen molar-refractivity contribution in [1.29, 1.82) is 0 Å². The van der Waals surface area contributed by atoms with Crippen LogP contribution in [0.2, 0.25) is 0 Å².